The van der Waals surface area contributed by atoms with Crippen molar-refractivity contribution in [3.8, 4) is 5.69 Å². The van der Waals surface area contributed by atoms with Crippen molar-refractivity contribution in [1.82, 2.24) is 15.1 Å². The normalized spacial score (nSPS) is 11.9. The highest BCUT2D eigenvalue weighted by Crippen LogP contribution is 2.21. The molecule has 30 heavy (non-hydrogen) atoms. The highest BCUT2D eigenvalue weighted by Gasteiger charge is 2.23. The first-order valence-electron chi connectivity index (χ1n) is 9.71. The van der Waals surface area contributed by atoms with Crippen LogP contribution in [0.2, 0.25) is 0 Å². The molecular formula is C23H24FN3O3. The van der Waals surface area contributed by atoms with Gasteiger partial charge in [-0.3, -0.25) is 9.59 Å². The summed E-state index contributed by atoms with van der Waals surface area (Å²) in [6.45, 7) is 5.24. The van der Waals surface area contributed by atoms with Gasteiger partial charge in [-0.1, -0.05) is 42.5 Å². The van der Waals surface area contributed by atoms with Gasteiger partial charge in [-0.2, -0.15) is 5.10 Å². The van der Waals surface area contributed by atoms with Crippen LogP contribution in [0.25, 0.3) is 5.69 Å². The van der Waals surface area contributed by atoms with E-state index in [1.165, 1.54) is 16.9 Å². The first-order valence-corrected chi connectivity index (χ1v) is 9.71. The number of carbonyl (C=O) groups is 2. The van der Waals surface area contributed by atoms with Gasteiger partial charge >= 0.3 is 5.97 Å². The number of rotatable bonds is 7. The number of nitrogens with one attached hydrogen (secondary N) is 1. The molecule has 1 amide bonds. The molecule has 1 atom stereocenters. The average Bonchev–Trinajstić information content (AvgIpc) is 3.09. The summed E-state index contributed by atoms with van der Waals surface area (Å²) in [6.07, 6.45) is 1.14. The number of hydrogen-bond acceptors (Lipinski definition) is 4. The molecule has 0 aliphatic rings. The minimum absolute atomic E-state index is 0.00552. The summed E-state index contributed by atoms with van der Waals surface area (Å²) in [5.41, 5.74) is 1.84. The maximum atomic E-state index is 14.1. The van der Waals surface area contributed by atoms with Gasteiger partial charge in [-0.25, -0.2) is 9.07 Å². The van der Waals surface area contributed by atoms with Crippen molar-refractivity contribution in [1.29, 1.82) is 0 Å². The maximum Gasteiger partial charge on any atom is 0.308 e. The lowest BCUT2D eigenvalue weighted by atomic mass is 10.0. The fourth-order valence-electron chi connectivity index (χ4n) is 3.15. The van der Waals surface area contributed by atoms with E-state index in [9.17, 15) is 14.0 Å². The van der Waals surface area contributed by atoms with Crippen molar-refractivity contribution in [3.63, 3.8) is 0 Å². The lowest BCUT2D eigenvalue weighted by Gasteiger charge is -2.19. The molecule has 1 unspecified atom stereocenters. The van der Waals surface area contributed by atoms with Gasteiger partial charge < -0.3 is 10.1 Å². The number of nitrogens with zero attached hydrogens (tertiary/aromatic N) is 2. The van der Waals surface area contributed by atoms with E-state index < -0.39 is 23.7 Å². The second-order valence-electron chi connectivity index (χ2n) is 7.19. The number of amides is 1. The standard InChI is InChI=1S/C23H24FN3O3/c1-15(2)30-22(28)13-20(17-9-5-4-6-10-17)26-23(29)18-14-25-27(16(18)3)21-12-8-7-11-19(21)24/h4-12,14-15,20H,13H2,1-3H3,(H,26,29). The molecule has 0 spiro atoms. The summed E-state index contributed by atoms with van der Waals surface area (Å²) in [4.78, 5) is 25.2. The number of esters is 1. The molecule has 7 heteroatoms. The van der Waals surface area contributed by atoms with Crippen LogP contribution in [0.3, 0.4) is 0 Å². The van der Waals surface area contributed by atoms with Crippen molar-refractivity contribution in [2.24, 2.45) is 0 Å². The van der Waals surface area contributed by atoms with Crippen molar-refractivity contribution in [3.05, 3.63) is 83.4 Å². The van der Waals surface area contributed by atoms with Crippen LogP contribution >= 0.6 is 0 Å². The van der Waals surface area contributed by atoms with Crippen LogP contribution in [0.1, 0.15) is 47.9 Å². The highest BCUT2D eigenvalue weighted by atomic mass is 19.1. The van der Waals surface area contributed by atoms with Crippen molar-refractivity contribution in [2.75, 3.05) is 0 Å². The number of carbonyl (C=O) groups excluding carboxylic acids is 2. The SMILES string of the molecule is Cc1c(C(=O)NC(CC(=O)OC(C)C)c2ccccc2)cnn1-c1ccccc1F. The van der Waals surface area contributed by atoms with E-state index in [0.29, 0.717) is 11.3 Å². The molecule has 6 nitrogen and oxygen atoms in total. The Kier molecular flexibility index (Phi) is 6.61. The second-order valence-corrected chi connectivity index (χ2v) is 7.19. The Morgan fingerprint density at radius 1 is 1.10 bits per heavy atom. The van der Waals surface area contributed by atoms with Crippen LogP contribution in [0.5, 0.6) is 0 Å². The third-order valence-corrected chi connectivity index (χ3v) is 4.58. The van der Waals surface area contributed by atoms with E-state index in [4.69, 9.17) is 4.74 Å². The first kappa shape index (κ1) is 21.2. The molecule has 0 radical (unpaired) electrons. The van der Waals surface area contributed by atoms with Gasteiger partial charge in [0.05, 0.1) is 36.0 Å². The summed E-state index contributed by atoms with van der Waals surface area (Å²) < 4.78 is 20.8. The van der Waals surface area contributed by atoms with Crippen LogP contribution in [0.4, 0.5) is 4.39 Å². The quantitative estimate of drug-likeness (QED) is 0.596. The highest BCUT2D eigenvalue weighted by molar-refractivity contribution is 5.95. The van der Waals surface area contributed by atoms with Gasteiger partial charge in [0.15, 0.2) is 0 Å². The minimum atomic E-state index is -0.568. The third kappa shape index (κ3) is 4.92. The largest absolute Gasteiger partial charge is 0.463 e. The van der Waals surface area contributed by atoms with Crippen LogP contribution in [-0.4, -0.2) is 27.8 Å². The number of benzene rings is 2. The van der Waals surface area contributed by atoms with Crippen LogP contribution < -0.4 is 5.32 Å². The molecule has 156 valence electrons. The predicted octanol–water partition coefficient (Wildman–Crippen LogP) is 4.13. The smallest absolute Gasteiger partial charge is 0.308 e. The van der Waals surface area contributed by atoms with E-state index in [1.54, 1.807) is 39.0 Å². The van der Waals surface area contributed by atoms with Crippen LogP contribution in [0.15, 0.2) is 60.8 Å². The zero-order valence-corrected chi connectivity index (χ0v) is 17.1. The van der Waals surface area contributed by atoms with Crippen molar-refractivity contribution in [2.45, 2.75) is 39.3 Å². The second kappa shape index (κ2) is 9.35. The van der Waals surface area contributed by atoms with Gasteiger partial charge in [0.25, 0.3) is 5.91 Å². The van der Waals surface area contributed by atoms with Crippen molar-refractivity contribution < 1.29 is 18.7 Å². The fourth-order valence-corrected chi connectivity index (χ4v) is 3.15. The number of aromatic nitrogens is 2. The Morgan fingerprint density at radius 2 is 1.77 bits per heavy atom. The molecular weight excluding hydrogens is 385 g/mol. The Morgan fingerprint density at radius 3 is 2.43 bits per heavy atom. The number of para-hydroxylation sites is 1. The lowest BCUT2D eigenvalue weighted by molar-refractivity contribution is -0.147. The molecule has 0 saturated carbocycles. The van der Waals surface area contributed by atoms with Crippen molar-refractivity contribution >= 4 is 11.9 Å². The molecule has 3 rings (SSSR count). The van der Waals surface area contributed by atoms with E-state index in [0.717, 1.165) is 5.56 Å². The topological polar surface area (TPSA) is 73.2 Å². The Balaban J connectivity index is 1.84. The minimum Gasteiger partial charge on any atom is -0.463 e. The van der Waals surface area contributed by atoms with Crippen LogP contribution in [-0.2, 0) is 9.53 Å². The summed E-state index contributed by atoms with van der Waals surface area (Å²) in [6, 6.07) is 14.9. The van der Waals surface area contributed by atoms with E-state index in [2.05, 4.69) is 10.4 Å². The predicted molar refractivity (Wildman–Crippen MR) is 111 cm³/mol. The Hall–Kier alpha value is -3.48. The zero-order valence-electron chi connectivity index (χ0n) is 17.1. The average molecular weight is 409 g/mol. The Labute approximate surface area is 174 Å². The molecule has 0 fully saturated rings. The molecule has 0 aliphatic heterocycles. The molecule has 0 bridgehead atoms. The monoisotopic (exact) mass is 409 g/mol. The van der Waals surface area contributed by atoms with Gasteiger partial charge in [0.2, 0.25) is 0 Å². The molecule has 3 aromatic rings. The van der Waals surface area contributed by atoms with Gasteiger partial charge in [-0.05, 0) is 38.5 Å². The maximum absolute atomic E-state index is 14.1. The zero-order chi connectivity index (χ0) is 21.7. The molecule has 0 aliphatic carbocycles. The summed E-state index contributed by atoms with van der Waals surface area (Å²) in [5.74, 6) is -1.24. The number of hydrogen-bond donors (Lipinski definition) is 1. The van der Waals surface area contributed by atoms with Gasteiger partial charge in [-0.15, -0.1) is 0 Å². The first-order chi connectivity index (χ1) is 14.4. The lowest BCUT2D eigenvalue weighted by Crippen LogP contribution is -2.31. The molecule has 1 aromatic heterocycles. The fraction of sp³-hybridized carbons (Fsp3) is 0.261. The van der Waals surface area contributed by atoms with Gasteiger partial charge in [0, 0.05) is 0 Å². The van der Waals surface area contributed by atoms with Crippen LogP contribution in [0, 0.1) is 12.7 Å². The summed E-state index contributed by atoms with van der Waals surface area (Å²) in [7, 11) is 0. The number of ether oxygens (including phenoxy) is 1. The molecule has 1 heterocycles. The van der Waals surface area contributed by atoms with E-state index in [1.807, 2.05) is 30.3 Å². The Bertz CT molecular complexity index is 1030. The number of halogens is 1. The molecule has 0 saturated heterocycles. The van der Waals surface area contributed by atoms with Gasteiger partial charge in [0.1, 0.15) is 11.5 Å². The molecule has 2 aromatic carbocycles. The summed E-state index contributed by atoms with van der Waals surface area (Å²) >= 11 is 0. The summed E-state index contributed by atoms with van der Waals surface area (Å²) in [5, 5.41) is 7.06. The molecule has 1 N–H and O–H groups in total. The van der Waals surface area contributed by atoms with E-state index >= 15 is 0 Å². The van der Waals surface area contributed by atoms with E-state index in [-0.39, 0.29) is 18.2 Å². The third-order valence-electron chi connectivity index (χ3n) is 4.58.